The van der Waals surface area contributed by atoms with Crippen molar-refractivity contribution in [2.75, 3.05) is 0 Å². The standard InChI is InChI=1S/C52H32N4/c1-3-16-34(17-4-1)42-31-49-50(40-23-10-9-21-38(40)42)44-30-43-39-22-12-14-26-46(39)56(47(43)32-48(44)55(49)37-19-5-2-6-20-37)52-53-45-25-13-11-24-41(45)51(54-52)36-28-27-33-15-7-8-18-35(33)29-36/h1-32H. The molecule has 3 aromatic heterocycles. The molecular weight excluding hydrogens is 681 g/mol. The Morgan fingerprint density at radius 2 is 1.00 bits per heavy atom. The van der Waals surface area contributed by atoms with Gasteiger partial charge in [-0.2, -0.15) is 0 Å². The van der Waals surface area contributed by atoms with E-state index in [0.29, 0.717) is 5.95 Å². The molecule has 0 aliphatic heterocycles. The van der Waals surface area contributed by atoms with E-state index in [1.165, 1.54) is 59.7 Å². The van der Waals surface area contributed by atoms with Gasteiger partial charge in [-0.3, -0.25) is 4.57 Å². The number of aromatic nitrogens is 4. The topological polar surface area (TPSA) is 35.6 Å². The van der Waals surface area contributed by atoms with E-state index in [4.69, 9.17) is 9.97 Å². The summed E-state index contributed by atoms with van der Waals surface area (Å²) in [5, 5.41) is 10.7. The fourth-order valence-electron chi connectivity index (χ4n) is 8.99. The van der Waals surface area contributed by atoms with Crippen LogP contribution in [0.25, 0.3) is 110 Å². The maximum Gasteiger partial charge on any atom is 0.235 e. The number of para-hydroxylation sites is 3. The second-order valence-corrected chi connectivity index (χ2v) is 14.6. The fourth-order valence-corrected chi connectivity index (χ4v) is 8.99. The molecule has 0 bridgehead atoms. The average molecular weight is 713 g/mol. The number of rotatable bonds is 4. The lowest BCUT2D eigenvalue weighted by Crippen LogP contribution is -2.03. The van der Waals surface area contributed by atoms with Gasteiger partial charge in [0.25, 0.3) is 0 Å². The van der Waals surface area contributed by atoms with Gasteiger partial charge >= 0.3 is 0 Å². The molecule has 0 N–H and O–H groups in total. The number of benzene rings is 9. The Balaban J connectivity index is 1.22. The van der Waals surface area contributed by atoms with Crippen LogP contribution in [0.3, 0.4) is 0 Å². The molecule has 4 heteroatoms. The van der Waals surface area contributed by atoms with E-state index in [-0.39, 0.29) is 0 Å². The third-order valence-electron chi connectivity index (χ3n) is 11.5. The van der Waals surface area contributed by atoms with Crippen molar-refractivity contribution in [2.45, 2.75) is 0 Å². The summed E-state index contributed by atoms with van der Waals surface area (Å²) in [5.41, 5.74) is 10.9. The molecule has 0 saturated carbocycles. The fraction of sp³-hybridized carbons (Fsp3) is 0. The van der Waals surface area contributed by atoms with Gasteiger partial charge in [-0.05, 0) is 81.2 Å². The Bertz CT molecular complexity index is 3520. The minimum atomic E-state index is 0.650. The van der Waals surface area contributed by atoms with Gasteiger partial charge in [0, 0.05) is 38.2 Å². The Morgan fingerprint density at radius 3 is 1.84 bits per heavy atom. The van der Waals surface area contributed by atoms with Crippen molar-refractivity contribution >= 4 is 76.1 Å². The minimum Gasteiger partial charge on any atom is -0.309 e. The quantitative estimate of drug-likeness (QED) is 0.182. The highest BCUT2D eigenvalue weighted by molar-refractivity contribution is 6.27. The van der Waals surface area contributed by atoms with E-state index in [9.17, 15) is 0 Å². The summed E-state index contributed by atoms with van der Waals surface area (Å²) in [4.78, 5) is 10.8. The van der Waals surface area contributed by atoms with E-state index >= 15 is 0 Å². The molecule has 260 valence electrons. The van der Waals surface area contributed by atoms with Crippen LogP contribution >= 0.6 is 0 Å². The van der Waals surface area contributed by atoms with Gasteiger partial charge in [-0.25, -0.2) is 9.97 Å². The van der Waals surface area contributed by atoms with Gasteiger partial charge in [0.05, 0.1) is 33.3 Å². The summed E-state index contributed by atoms with van der Waals surface area (Å²) in [6.07, 6.45) is 0. The smallest absolute Gasteiger partial charge is 0.235 e. The first kappa shape index (κ1) is 30.9. The maximum atomic E-state index is 5.46. The van der Waals surface area contributed by atoms with Gasteiger partial charge in [0.2, 0.25) is 5.95 Å². The Morgan fingerprint density at radius 1 is 0.339 bits per heavy atom. The summed E-state index contributed by atoms with van der Waals surface area (Å²) >= 11 is 0. The highest BCUT2D eigenvalue weighted by Gasteiger charge is 2.23. The normalized spacial score (nSPS) is 11.9. The first-order chi connectivity index (χ1) is 27.8. The average Bonchev–Trinajstić information content (AvgIpc) is 3.77. The minimum absolute atomic E-state index is 0.650. The van der Waals surface area contributed by atoms with Gasteiger partial charge in [-0.15, -0.1) is 0 Å². The Labute approximate surface area is 322 Å². The SMILES string of the molecule is c1ccc(-c2cc3c(c4ccccc24)c2cc4c5ccccc5n(-c5nc(-c6ccc7ccccc7c6)c6ccccc6n5)c4cc2n3-c2ccccc2)cc1. The molecule has 12 rings (SSSR count). The summed E-state index contributed by atoms with van der Waals surface area (Å²) < 4.78 is 4.70. The van der Waals surface area contributed by atoms with Crippen LogP contribution in [0.4, 0.5) is 0 Å². The molecule has 4 nitrogen and oxygen atoms in total. The Hall–Kier alpha value is -7.56. The summed E-state index contributed by atoms with van der Waals surface area (Å²) in [6, 6.07) is 69.7. The third-order valence-corrected chi connectivity index (χ3v) is 11.5. The van der Waals surface area contributed by atoms with E-state index in [1.807, 2.05) is 0 Å². The second kappa shape index (κ2) is 12.0. The molecule has 0 atom stereocenters. The van der Waals surface area contributed by atoms with Crippen LogP contribution in [0, 0.1) is 0 Å². The second-order valence-electron chi connectivity index (χ2n) is 14.6. The number of nitrogens with zero attached hydrogens (tertiary/aromatic N) is 4. The van der Waals surface area contributed by atoms with Crippen LogP contribution < -0.4 is 0 Å². The first-order valence-corrected chi connectivity index (χ1v) is 19.1. The van der Waals surface area contributed by atoms with Gasteiger partial charge in [-0.1, -0.05) is 146 Å². The lowest BCUT2D eigenvalue weighted by Gasteiger charge is -2.13. The monoisotopic (exact) mass is 712 g/mol. The van der Waals surface area contributed by atoms with Crippen molar-refractivity contribution in [1.29, 1.82) is 0 Å². The molecule has 9 aromatic carbocycles. The predicted molar refractivity (Wildman–Crippen MR) is 234 cm³/mol. The third kappa shape index (κ3) is 4.53. The van der Waals surface area contributed by atoms with E-state index in [1.54, 1.807) is 0 Å². The summed E-state index contributed by atoms with van der Waals surface area (Å²) in [6.45, 7) is 0. The molecule has 0 aliphatic carbocycles. The number of hydrogen-bond donors (Lipinski definition) is 0. The predicted octanol–water partition coefficient (Wildman–Crippen LogP) is 13.5. The van der Waals surface area contributed by atoms with Crippen molar-refractivity contribution in [3.63, 3.8) is 0 Å². The van der Waals surface area contributed by atoms with Crippen molar-refractivity contribution in [3.05, 3.63) is 194 Å². The van der Waals surface area contributed by atoms with Crippen LogP contribution in [0.15, 0.2) is 194 Å². The first-order valence-electron chi connectivity index (χ1n) is 19.1. The van der Waals surface area contributed by atoms with Gasteiger partial charge < -0.3 is 4.57 Å². The van der Waals surface area contributed by atoms with Gasteiger partial charge in [0.1, 0.15) is 0 Å². The lowest BCUT2D eigenvalue weighted by molar-refractivity contribution is 1.01. The van der Waals surface area contributed by atoms with Crippen LogP contribution in [0.1, 0.15) is 0 Å². The van der Waals surface area contributed by atoms with Crippen molar-refractivity contribution in [1.82, 2.24) is 19.1 Å². The van der Waals surface area contributed by atoms with Crippen LogP contribution in [-0.4, -0.2) is 19.1 Å². The van der Waals surface area contributed by atoms with Crippen molar-refractivity contribution in [2.24, 2.45) is 0 Å². The van der Waals surface area contributed by atoms with Crippen LogP contribution in [-0.2, 0) is 0 Å². The van der Waals surface area contributed by atoms with Crippen LogP contribution in [0.5, 0.6) is 0 Å². The van der Waals surface area contributed by atoms with E-state index in [0.717, 1.165) is 44.4 Å². The zero-order valence-electron chi connectivity index (χ0n) is 30.3. The summed E-state index contributed by atoms with van der Waals surface area (Å²) in [7, 11) is 0. The molecule has 3 heterocycles. The molecule has 0 spiro atoms. The Kier molecular flexibility index (Phi) is 6.60. The van der Waals surface area contributed by atoms with Crippen LogP contribution in [0.2, 0.25) is 0 Å². The highest BCUT2D eigenvalue weighted by Crippen LogP contribution is 2.44. The molecule has 56 heavy (non-hydrogen) atoms. The molecule has 0 saturated heterocycles. The molecule has 0 amide bonds. The van der Waals surface area contributed by atoms with E-state index in [2.05, 4.69) is 203 Å². The summed E-state index contributed by atoms with van der Waals surface area (Å²) in [5.74, 6) is 0.650. The molecule has 0 unspecified atom stereocenters. The zero-order valence-corrected chi connectivity index (χ0v) is 30.3. The molecule has 12 aromatic rings. The largest absolute Gasteiger partial charge is 0.309 e. The van der Waals surface area contributed by atoms with Crippen molar-refractivity contribution in [3.8, 4) is 34.0 Å². The van der Waals surface area contributed by atoms with E-state index < -0.39 is 0 Å². The highest BCUT2D eigenvalue weighted by atomic mass is 15.2. The molecule has 0 fully saturated rings. The van der Waals surface area contributed by atoms with Crippen molar-refractivity contribution < 1.29 is 0 Å². The lowest BCUT2D eigenvalue weighted by atomic mass is 9.94. The molecule has 0 aliphatic rings. The zero-order chi connectivity index (χ0) is 36.7. The maximum absolute atomic E-state index is 5.46. The molecular formula is C52H32N4. The van der Waals surface area contributed by atoms with Gasteiger partial charge in [0.15, 0.2) is 0 Å². The molecule has 0 radical (unpaired) electrons. The number of hydrogen-bond acceptors (Lipinski definition) is 2. The number of fused-ring (bicyclic) bond motifs is 10.